The fourth-order valence-electron chi connectivity index (χ4n) is 1.66. The van der Waals surface area contributed by atoms with Crippen LogP contribution in [0, 0.1) is 5.92 Å². The Balaban J connectivity index is 2.70. The number of esters is 2. The van der Waals surface area contributed by atoms with Crippen LogP contribution in [0.4, 0.5) is 0 Å². The van der Waals surface area contributed by atoms with Crippen LogP contribution in [0.3, 0.4) is 0 Å². The second-order valence-corrected chi connectivity index (χ2v) is 5.11. The predicted molar refractivity (Wildman–Crippen MR) is 84.3 cm³/mol. The number of nitrogens with one attached hydrogen (secondary N) is 1. The smallest absolute Gasteiger partial charge is 0.331 e. The zero-order valence-corrected chi connectivity index (χ0v) is 13.4. The van der Waals surface area contributed by atoms with Gasteiger partial charge in [0.1, 0.15) is 6.61 Å². The molecule has 1 amide bonds. The van der Waals surface area contributed by atoms with Crippen LogP contribution in [-0.4, -0.2) is 31.6 Å². The molecular weight excluding hydrogens is 298 g/mol. The standard InChI is InChI=1S/C17H21NO5/c1-12(2)17(21)18-14(13-7-5-4-6-8-13)11-23-16(20)10-9-15(19)22-3/h4-10,12,14H,11H2,1-3H3,(H,18,21)/b10-9+/t14-/m0/s1. The molecule has 1 aromatic rings. The zero-order valence-electron chi connectivity index (χ0n) is 13.4. The molecule has 1 aromatic carbocycles. The Morgan fingerprint density at radius 1 is 1.09 bits per heavy atom. The molecule has 0 fully saturated rings. The van der Waals surface area contributed by atoms with Gasteiger partial charge in [-0.2, -0.15) is 0 Å². The molecule has 0 aromatic heterocycles. The average Bonchev–Trinajstić information content (AvgIpc) is 2.56. The molecular formula is C17H21NO5. The van der Waals surface area contributed by atoms with E-state index < -0.39 is 18.0 Å². The van der Waals surface area contributed by atoms with Gasteiger partial charge in [0, 0.05) is 18.1 Å². The Labute approximate surface area is 135 Å². The van der Waals surface area contributed by atoms with E-state index >= 15 is 0 Å². The molecule has 1 N–H and O–H groups in total. The summed E-state index contributed by atoms with van der Waals surface area (Å²) < 4.78 is 9.47. The van der Waals surface area contributed by atoms with Crippen molar-refractivity contribution >= 4 is 17.8 Å². The molecule has 0 bridgehead atoms. The first kappa shape index (κ1) is 18.4. The summed E-state index contributed by atoms with van der Waals surface area (Å²) in [5.41, 5.74) is 0.825. The Morgan fingerprint density at radius 3 is 2.26 bits per heavy atom. The minimum atomic E-state index is -0.685. The molecule has 0 saturated heterocycles. The van der Waals surface area contributed by atoms with Gasteiger partial charge in [-0.3, -0.25) is 4.79 Å². The van der Waals surface area contributed by atoms with Gasteiger partial charge >= 0.3 is 11.9 Å². The second kappa shape index (κ2) is 9.40. The number of amides is 1. The van der Waals surface area contributed by atoms with E-state index in [1.165, 1.54) is 7.11 Å². The second-order valence-electron chi connectivity index (χ2n) is 5.11. The van der Waals surface area contributed by atoms with Crippen LogP contribution in [-0.2, 0) is 23.9 Å². The first-order valence-corrected chi connectivity index (χ1v) is 7.22. The molecule has 124 valence electrons. The molecule has 0 aliphatic heterocycles. The van der Waals surface area contributed by atoms with Crippen LogP contribution in [0.1, 0.15) is 25.5 Å². The molecule has 0 radical (unpaired) electrons. The van der Waals surface area contributed by atoms with Gasteiger partial charge in [0.2, 0.25) is 5.91 Å². The zero-order chi connectivity index (χ0) is 17.2. The quantitative estimate of drug-likeness (QED) is 0.612. The van der Waals surface area contributed by atoms with E-state index in [9.17, 15) is 14.4 Å². The van der Waals surface area contributed by atoms with Crippen LogP contribution in [0.15, 0.2) is 42.5 Å². The van der Waals surface area contributed by atoms with Crippen LogP contribution in [0.2, 0.25) is 0 Å². The highest BCUT2D eigenvalue weighted by Gasteiger charge is 2.18. The lowest BCUT2D eigenvalue weighted by atomic mass is 10.1. The lowest BCUT2D eigenvalue weighted by Crippen LogP contribution is -2.34. The van der Waals surface area contributed by atoms with Crippen LogP contribution < -0.4 is 5.32 Å². The van der Waals surface area contributed by atoms with Gasteiger partial charge in [0.25, 0.3) is 0 Å². The maximum atomic E-state index is 11.9. The first-order valence-electron chi connectivity index (χ1n) is 7.22. The molecule has 0 aliphatic carbocycles. The summed E-state index contributed by atoms with van der Waals surface area (Å²) in [7, 11) is 1.21. The van der Waals surface area contributed by atoms with E-state index in [4.69, 9.17) is 4.74 Å². The number of carbonyl (C=O) groups excluding carboxylic acids is 3. The minimum absolute atomic E-state index is 0.0349. The van der Waals surface area contributed by atoms with Crippen LogP contribution in [0.25, 0.3) is 0 Å². The number of benzene rings is 1. The summed E-state index contributed by atoms with van der Waals surface area (Å²) in [5, 5.41) is 2.83. The van der Waals surface area contributed by atoms with Crippen LogP contribution >= 0.6 is 0 Å². The number of hydrogen-bond donors (Lipinski definition) is 1. The number of methoxy groups -OCH3 is 1. The van der Waals surface area contributed by atoms with Crippen molar-refractivity contribution < 1.29 is 23.9 Å². The van der Waals surface area contributed by atoms with Gasteiger partial charge in [0.15, 0.2) is 0 Å². The monoisotopic (exact) mass is 319 g/mol. The third kappa shape index (κ3) is 6.78. The SMILES string of the molecule is COC(=O)/C=C/C(=O)OC[C@H](NC(=O)C(C)C)c1ccccc1. The first-order chi connectivity index (χ1) is 10.9. The van der Waals surface area contributed by atoms with E-state index in [0.29, 0.717) is 0 Å². The Hall–Kier alpha value is -2.63. The number of carbonyl (C=O) groups is 3. The molecule has 6 heteroatoms. The van der Waals surface area contributed by atoms with Gasteiger partial charge in [-0.25, -0.2) is 9.59 Å². The van der Waals surface area contributed by atoms with Crippen molar-refractivity contribution in [1.29, 1.82) is 0 Å². The summed E-state index contributed by atoms with van der Waals surface area (Å²) in [6.45, 7) is 3.53. The summed E-state index contributed by atoms with van der Waals surface area (Å²) in [6, 6.07) is 8.75. The summed E-state index contributed by atoms with van der Waals surface area (Å²) in [4.78, 5) is 34.4. The highest BCUT2D eigenvalue weighted by atomic mass is 16.5. The highest BCUT2D eigenvalue weighted by molar-refractivity contribution is 5.91. The van der Waals surface area contributed by atoms with Crippen molar-refractivity contribution in [1.82, 2.24) is 5.32 Å². The largest absolute Gasteiger partial charge is 0.466 e. The van der Waals surface area contributed by atoms with E-state index in [2.05, 4.69) is 10.1 Å². The minimum Gasteiger partial charge on any atom is -0.466 e. The van der Waals surface area contributed by atoms with Crippen molar-refractivity contribution in [2.45, 2.75) is 19.9 Å². The molecule has 0 aliphatic rings. The van der Waals surface area contributed by atoms with Crippen molar-refractivity contribution in [2.24, 2.45) is 5.92 Å². The number of hydrogen-bond acceptors (Lipinski definition) is 5. The van der Waals surface area contributed by atoms with E-state index in [1.807, 2.05) is 30.3 Å². The van der Waals surface area contributed by atoms with Gasteiger partial charge < -0.3 is 14.8 Å². The maximum absolute atomic E-state index is 11.9. The van der Waals surface area contributed by atoms with Gasteiger partial charge in [0.05, 0.1) is 13.2 Å². The maximum Gasteiger partial charge on any atom is 0.331 e. The fraction of sp³-hybridized carbons (Fsp3) is 0.353. The Morgan fingerprint density at radius 2 is 1.70 bits per heavy atom. The van der Waals surface area contributed by atoms with E-state index in [1.54, 1.807) is 13.8 Å². The molecule has 1 rings (SSSR count). The average molecular weight is 319 g/mol. The third-order valence-electron chi connectivity index (χ3n) is 2.99. The molecule has 0 saturated carbocycles. The third-order valence-corrected chi connectivity index (χ3v) is 2.99. The van der Waals surface area contributed by atoms with Gasteiger partial charge in [-0.15, -0.1) is 0 Å². The number of rotatable bonds is 7. The molecule has 1 atom stereocenters. The van der Waals surface area contributed by atoms with E-state index in [-0.39, 0.29) is 18.4 Å². The van der Waals surface area contributed by atoms with Crippen molar-refractivity contribution in [2.75, 3.05) is 13.7 Å². The van der Waals surface area contributed by atoms with Crippen molar-refractivity contribution in [3.63, 3.8) is 0 Å². The Kier molecular flexibility index (Phi) is 7.53. The molecule has 23 heavy (non-hydrogen) atoms. The molecule has 0 unspecified atom stereocenters. The Bertz CT molecular complexity index is 566. The lowest BCUT2D eigenvalue weighted by Gasteiger charge is -2.20. The lowest BCUT2D eigenvalue weighted by molar-refractivity contribution is -0.140. The van der Waals surface area contributed by atoms with Gasteiger partial charge in [-0.05, 0) is 5.56 Å². The summed E-state index contributed by atoms with van der Waals surface area (Å²) in [6.07, 6.45) is 1.96. The number of ether oxygens (including phenoxy) is 2. The summed E-state index contributed by atoms with van der Waals surface area (Å²) in [5.74, 6) is -1.65. The molecule has 0 heterocycles. The highest BCUT2D eigenvalue weighted by Crippen LogP contribution is 2.14. The van der Waals surface area contributed by atoms with Crippen molar-refractivity contribution in [3.8, 4) is 0 Å². The normalized spacial score (nSPS) is 12.0. The van der Waals surface area contributed by atoms with Gasteiger partial charge in [-0.1, -0.05) is 44.2 Å². The topological polar surface area (TPSA) is 81.7 Å². The summed E-state index contributed by atoms with van der Waals surface area (Å²) >= 11 is 0. The fourth-order valence-corrected chi connectivity index (χ4v) is 1.66. The molecule has 0 spiro atoms. The predicted octanol–water partition coefficient (Wildman–Crippen LogP) is 1.77. The van der Waals surface area contributed by atoms with Crippen molar-refractivity contribution in [3.05, 3.63) is 48.0 Å². The van der Waals surface area contributed by atoms with Crippen LogP contribution in [0.5, 0.6) is 0 Å². The molecule has 6 nitrogen and oxygen atoms in total. The van der Waals surface area contributed by atoms with E-state index in [0.717, 1.165) is 17.7 Å².